The van der Waals surface area contributed by atoms with Crippen LogP contribution < -0.4 is 10.6 Å². The van der Waals surface area contributed by atoms with Gasteiger partial charge in [-0.15, -0.1) is 0 Å². The van der Waals surface area contributed by atoms with E-state index in [9.17, 15) is 0 Å². The predicted molar refractivity (Wildman–Crippen MR) is 86.6 cm³/mol. The molecule has 6 heteroatoms. The molecule has 0 spiro atoms. The minimum absolute atomic E-state index is 0.318. The normalized spacial score (nSPS) is 18.0. The zero-order valence-corrected chi connectivity index (χ0v) is 13.0. The largest absolute Gasteiger partial charge is 0.382 e. The lowest BCUT2D eigenvalue weighted by atomic mass is 10.1. The molecule has 2 aromatic heterocycles. The Morgan fingerprint density at radius 2 is 2.24 bits per heavy atom. The van der Waals surface area contributed by atoms with Crippen molar-refractivity contribution in [2.75, 3.05) is 30.3 Å². The van der Waals surface area contributed by atoms with Crippen molar-refractivity contribution >= 4 is 22.4 Å². The first-order valence-corrected chi connectivity index (χ1v) is 8.09. The summed E-state index contributed by atoms with van der Waals surface area (Å²) in [6, 6.07) is 3.95. The monoisotopic (exact) mass is 304 g/mol. The van der Waals surface area contributed by atoms with Gasteiger partial charge in [-0.1, -0.05) is 0 Å². The first-order valence-electron chi connectivity index (χ1n) is 7.31. The maximum atomic E-state index is 6.10. The van der Waals surface area contributed by atoms with Crippen LogP contribution in [-0.2, 0) is 4.74 Å². The molecule has 1 fully saturated rings. The van der Waals surface area contributed by atoms with Crippen molar-refractivity contribution in [2.24, 2.45) is 0 Å². The molecule has 0 radical (unpaired) electrons. The summed E-state index contributed by atoms with van der Waals surface area (Å²) in [5.74, 6) is 0.590. The number of nitrogen functional groups attached to an aromatic ring is 1. The van der Waals surface area contributed by atoms with Crippen molar-refractivity contribution in [1.82, 2.24) is 9.36 Å². The maximum Gasteiger partial charge on any atom is 0.147 e. The fraction of sp³-hybridized carbons (Fsp3) is 0.467. The van der Waals surface area contributed by atoms with Gasteiger partial charge in [0, 0.05) is 32.1 Å². The number of hydrogen-bond acceptors (Lipinski definition) is 6. The zero-order valence-electron chi connectivity index (χ0n) is 12.2. The summed E-state index contributed by atoms with van der Waals surface area (Å²) in [6.45, 7) is 4.85. The van der Waals surface area contributed by atoms with Crippen molar-refractivity contribution < 1.29 is 4.74 Å². The van der Waals surface area contributed by atoms with E-state index in [0.717, 1.165) is 48.7 Å². The molecule has 21 heavy (non-hydrogen) atoms. The average molecular weight is 304 g/mol. The number of nitrogens with zero attached hydrogens (tertiary/aromatic N) is 3. The van der Waals surface area contributed by atoms with E-state index in [1.165, 1.54) is 11.5 Å². The van der Waals surface area contributed by atoms with Gasteiger partial charge in [-0.2, -0.15) is 4.37 Å². The van der Waals surface area contributed by atoms with Crippen LogP contribution in [0.15, 0.2) is 24.5 Å². The molecule has 1 atom stereocenters. The summed E-state index contributed by atoms with van der Waals surface area (Å²) in [7, 11) is 0. The van der Waals surface area contributed by atoms with Crippen molar-refractivity contribution in [3.8, 4) is 11.1 Å². The first-order chi connectivity index (χ1) is 10.3. The molecule has 3 rings (SSSR count). The minimum atomic E-state index is 0.318. The Labute approximate surface area is 128 Å². The van der Waals surface area contributed by atoms with Gasteiger partial charge in [0.25, 0.3) is 0 Å². The van der Waals surface area contributed by atoms with Crippen LogP contribution in [0.1, 0.15) is 19.8 Å². The van der Waals surface area contributed by atoms with E-state index in [1.54, 1.807) is 12.4 Å². The summed E-state index contributed by atoms with van der Waals surface area (Å²) in [5, 5.41) is 1.12. The molecular weight excluding hydrogens is 284 g/mol. The highest BCUT2D eigenvalue weighted by atomic mass is 32.1. The molecular formula is C15H20N4OS. The molecule has 0 amide bonds. The van der Waals surface area contributed by atoms with E-state index in [2.05, 4.69) is 21.2 Å². The van der Waals surface area contributed by atoms with Gasteiger partial charge in [0.05, 0.1) is 11.7 Å². The highest BCUT2D eigenvalue weighted by molar-refractivity contribution is 7.11. The van der Waals surface area contributed by atoms with E-state index in [4.69, 9.17) is 10.5 Å². The van der Waals surface area contributed by atoms with Crippen molar-refractivity contribution in [3.05, 3.63) is 24.5 Å². The average Bonchev–Trinajstić information content (AvgIpc) is 3.15. The number of ether oxygens (including phenoxy) is 1. The lowest BCUT2D eigenvalue weighted by molar-refractivity contribution is 0.116. The second-order valence-corrected chi connectivity index (χ2v) is 5.91. The van der Waals surface area contributed by atoms with Crippen LogP contribution in [0.4, 0.5) is 10.8 Å². The molecule has 3 heterocycles. The summed E-state index contributed by atoms with van der Waals surface area (Å²) in [6.07, 6.45) is 6.18. The Kier molecular flexibility index (Phi) is 4.36. The number of hydrogen-bond donors (Lipinski definition) is 1. The van der Waals surface area contributed by atoms with Gasteiger partial charge in [-0.05, 0) is 49.0 Å². The first kappa shape index (κ1) is 14.3. The Morgan fingerprint density at radius 3 is 2.90 bits per heavy atom. The lowest BCUT2D eigenvalue weighted by Gasteiger charge is -2.25. The van der Waals surface area contributed by atoms with Gasteiger partial charge in [0.1, 0.15) is 10.8 Å². The van der Waals surface area contributed by atoms with Crippen LogP contribution in [0, 0.1) is 0 Å². The third-order valence-corrected chi connectivity index (χ3v) is 4.71. The molecule has 1 aliphatic rings. The molecule has 1 unspecified atom stereocenters. The quantitative estimate of drug-likeness (QED) is 0.920. The van der Waals surface area contributed by atoms with Crippen LogP contribution in [0.25, 0.3) is 11.1 Å². The van der Waals surface area contributed by atoms with Gasteiger partial charge in [0.2, 0.25) is 0 Å². The number of aromatic nitrogens is 2. The number of pyridine rings is 1. The van der Waals surface area contributed by atoms with Crippen LogP contribution in [0.3, 0.4) is 0 Å². The standard InChI is InChI=1S/C15H20N4OS/c1-2-19(10-12-4-3-9-20-12)15-13(14(16)18-21-15)11-5-7-17-8-6-11/h5-8,12H,2-4,9-10H2,1H3,(H2,16,18). The van der Waals surface area contributed by atoms with Crippen molar-refractivity contribution in [2.45, 2.75) is 25.9 Å². The molecule has 1 aliphatic heterocycles. The Bertz CT molecular complexity index is 581. The van der Waals surface area contributed by atoms with Crippen molar-refractivity contribution in [3.63, 3.8) is 0 Å². The van der Waals surface area contributed by atoms with Gasteiger partial charge in [-0.3, -0.25) is 4.98 Å². The fourth-order valence-corrected chi connectivity index (χ4v) is 3.60. The van der Waals surface area contributed by atoms with E-state index >= 15 is 0 Å². The number of nitrogens with two attached hydrogens (primary N) is 1. The molecule has 5 nitrogen and oxygen atoms in total. The van der Waals surface area contributed by atoms with Crippen LogP contribution in [0.2, 0.25) is 0 Å². The van der Waals surface area contributed by atoms with Gasteiger partial charge < -0.3 is 15.4 Å². The number of rotatable bonds is 5. The van der Waals surface area contributed by atoms with E-state index in [0.29, 0.717) is 11.9 Å². The smallest absolute Gasteiger partial charge is 0.147 e. The van der Waals surface area contributed by atoms with E-state index < -0.39 is 0 Å². The Balaban J connectivity index is 1.90. The number of anilines is 2. The second kappa shape index (κ2) is 6.41. The van der Waals surface area contributed by atoms with E-state index in [1.807, 2.05) is 12.1 Å². The third kappa shape index (κ3) is 3.01. The molecule has 112 valence electrons. The molecule has 0 bridgehead atoms. The van der Waals surface area contributed by atoms with Crippen LogP contribution in [-0.4, -0.2) is 35.2 Å². The Hall–Kier alpha value is -1.66. The van der Waals surface area contributed by atoms with Gasteiger partial charge in [0.15, 0.2) is 0 Å². The summed E-state index contributed by atoms with van der Waals surface area (Å²) in [5.41, 5.74) is 8.18. The van der Waals surface area contributed by atoms with Gasteiger partial charge >= 0.3 is 0 Å². The third-order valence-electron chi connectivity index (χ3n) is 3.79. The van der Waals surface area contributed by atoms with Crippen molar-refractivity contribution in [1.29, 1.82) is 0 Å². The molecule has 0 aliphatic carbocycles. The molecule has 2 aromatic rings. The zero-order chi connectivity index (χ0) is 14.7. The highest BCUT2D eigenvalue weighted by Gasteiger charge is 2.23. The van der Waals surface area contributed by atoms with Gasteiger partial charge in [-0.25, -0.2) is 0 Å². The predicted octanol–water partition coefficient (Wildman–Crippen LogP) is 2.79. The fourth-order valence-electron chi connectivity index (χ4n) is 2.69. The van der Waals surface area contributed by atoms with E-state index in [-0.39, 0.29) is 0 Å². The van der Waals surface area contributed by atoms with Crippen LogP contribution >= 0.6 is 11.5 Å². The lowest BCUT2D eigenvalue weighted by Crippen LogP contribution is -2.31. The molecule has 0 saturated carbocycles. The topological polar surface area (TPSA) is 64.3 Å². The summed E-state index contributed by atoms with van der Waals surface area (Å²) < 4.78 is 10.1. The minimum Gasteiger partial charge on any atom is -0.382 e. The molecule has 2 N–H and O–H groups in total. The Morgan fingerprint density at radius 1 is 1.43 bits per heavy atom. The molecule has 0 aromatic carbocycles. The van der Waals surface area contributed by atoms with Crippen LogP contribution in [0.5, 0.6) is 0 Å². The highest BCUT2D eigenvalue weighted by Crippen LogP contribution is 2.39. The summed E-state index contributed by atoms with van der Waals surface area (Å²) in [4.78, 5) is 6.39. The second-order valence-electron chi connectivity index (χ2n) is 5.16. The SMILES string of the molecule is CCN(CC1CCCO1)c1snc(N)c1-c1ccncc1. The number of likely N-dealkylation sites (N-methyl/N-ethyl adjacent to an activating group) is 1. The maximum absolute atomic E-state index is 6.10. The summed E-state index contributed by atoms with van der Waals surface area (Å²) >= 11 is 1.46. The molecule has 1 saturated heterocycles.